The highest BCUT2D eigenvalue weighted by molar-refractivity contribution is 5.93. The molecule has 0 unspecified atom stereocenters. The summed E-state index contributed by atoms with van der Waals surface area (Å²) in [5.74, 6) is -0.142. The summed E-state index contributed by atoms with van der Waals surface area (Å²) in [6.45, 7) is 3.71. The molecule has 1 saturated carbocycles. The van der Waals surface area contributed by atoms with Gasteiger partial charge < -0.3 is 5.32 Å². The van der Waals surface area contributed by atoms with E-state index in [-0.39, 0.29) is 11.4 Å². The quantitative estimate of drug-likeness (QED) is 0.581. The Morgan fingerprint density at radius 2 is 2.17 bits per heavy atom. The molecule has 0 atom stereocenters. The third-order valence-electron chi connectivity index (χ3n) is 4.53. The Labute approximate surface area is 139 Å². The Morgan fingerprint density at radius 3 is 2.79 bits per heavy atom. The number of nitrogens with zero attached hydrogens (tertiary/aromatic N) is 1. The molecule has 0 spiro atoms. The zero-order valence-electron chi connectivity index (χ0n) is 13.7. The highest BCUT2D eigenvalue weighted by atomic mass is 19.1. The summed E-state index contributed by atoms with van der Waals surface area (Å²) in [4.78, 5) is 15.8. The second-order valence-corrected chi connectivity index (χ2v) is 6.17. The van der Waals surface area contributed by atoms with E-state index in [0.29, 0.717) is 23.4 Å². The van der Waals surface area contributed by atoms with Crippen LogP contribution in [0.5, 0.6) is 0 Å². The van der Waals surface area contributed by atoms with Crippen molar-refractivity contribution in [3.8, 4) is 0 Å². The fourth-order valence-electron chi connectivity index (χ4n) is 2.91. The van der Waals surface area contributed by atoms with Crippen LogP contribution in [0.25, 0.3) is 0 Å². The summed E-state index contributed by atoms with van der Waals surface area (Å²) in [7, 11) is 0. The summed E-state index contributed by atoms with van der Waals surface area (Å²) in [5.41, 5.74) is 3.57. The predicted molar refractivity (Wildman–Crippen MR) is 88.5 cm³/mol. The van der Waals surface area contributed by atoms with E-state index < -0.39 is 11.4 Å². The molecule has 1 aliphatic carbocycles. The van der Waals surface area contributed by atoms with Crippen LogP contribution in [0.2, 0.25) is 0 Å². The first-order valence-electron chi connectivity index (χ1n) is 7.98. The lowest BCUT2D eigenvalue weighted by molar-refractivity contribution is 0.0706. The van der Waals surface area contributed by atoms with E-state index in [1.54, 1.807) is 24.5 Å². The van der Waals surface area contributed by atoms with Crippen molar-refractivity contribution in [3.63, 3.8) is 0 Å². The Hall–Kier alpha value is -2.47. The molecule has 1 aliphatic rings. The maximum Gasteiger partial charge on any atom is 0.276 e. The van der Waals surface area contributed by atoms with E-state index >= 15 is 0 Å². The number of hydroxylamine groups is 1. The van der Waals surface area contributed by atoms with Crippen molar-refractivity contribution >= 4 is 11.7 Å². The van der Waals surface area contributed by atoms with Gasteiger partial charge in [-0.05, 0) is 43.4 Å². The molecule has 0 radical (unpaired) electrons. The third-order valence-corrected chi connectivity index (χ3v) is 4.53. The molecule has 0 saturated heterocycles. The Bertz CT molecular complexity index is 788. The summed E-state index contributed by atoms with van der Waals surface area (Å²) < 4.78 is 14.5. The molecular weight excluding hydrogens is 309 g/mol. The van der Waals surface area contributed by atoms with Gasteiger partial charge in [-0.25, -0.2) is 14.9 Å². The highest BCUT2D eigenvalue weighted by Crippen LogP contribution is 2.49. The average Bonchev–Trinajstić information content (AvgIpc) is 3.37. The van der Waals surface area contributed by atoms with Crippen LogP contribution in [0.4, 0.5) is 10.2 Å². The minimum absolute atomic E-state index is 0.183. The summed E-state index contributed by atoms with van der Waals surface area (Å²) >= 11 is 0. The number of aryl methyl sites for hydroxylation is 2. The number of hydrogen-bond acceptors (Lipinski definition) is 4. The third kappa shape index (κ3) is 2.85. The zero-order chi connectivity index (χ0) is 17.3. The van der Waals surface area contributed by atoms with E-state index in [0.717, 1.165) is 18.4 Å². The van der Waals surface area contributed by atoms with Crippen LogP contribution in [0.3, 0.4) is 0 Å². The van der Waals surface area contributed by atoms with E-state index in [1.165, 1.54) is 6.20 Å². The van der Waals surface area contributed by atoms with Crippen molar-refractivity contribution in [1.29, 1.82) is 0 Å². The first kappa shape index (κ1) is 16.4. The maximum absolute atomic E-state index is 14.5. The number of carbonyl (C=O) groups is 1. The average molecular weight is 329 g/mol. The monoisotopic (exact) mass is 329 g/mol. The summed E-state index contributed by atoms with van der Waals surface area (Å²) in [5, 5.41) is 12.1. The number of pyridine rings is 1. The van der Waals surface area contributed by atoms with E-state index in [2.05, 4.69) is 10.3 Å². The normalized spacial score (nSPS) is 15.0. The molecule has 5 nitrogen and oxygen atoms in total. The largest absolute Gasteiger partial charge is 0.360 e. The van der Waals surface area contributed by atoms with Crippen LogP contribution in [0.1, 0.15) is 46.8 Å². The molecule has 0 aliphatic heterocycles. The number of anilines is 1. The molecule has 1 amide bonds. The number of benzene rings is 1. The maximum atomic E-state index is 14.5. The number of nitrogens with one attached hydrogen (secondary N) is 2. The van der Waals surface area contributed by atoms with Gasteiger partial charge in [0.15, 0.2) is 0 Å². The smallest absolute Gasteiger partial charge is 0.276 e. The number of aromatic nitrogens is 1. The molecule has 24 heavy (non-hydrogen) atoms. The van der Waals surface area contributed by atoms with Crippen molar-refractivity contribution in [2.24, 2.45) is 0 Å². The minimum atomic E-state index is -0.602. The van der Waals surface area contributed by atoms with Gasteiger partial charge in [0, 0.05) is 11.8 Å². The Balaban J connectivity index is 1.93. The lowest BCUT2D eigenvalue weighted by atomic mass is 10.0. The van der Waals surface area contributed by atoms with Crippen LogP contribution in [-0.2, 0) is 12.0 Å². The molecule has 2 aromatic rings. The fourth-order valence-corrected chi connectivity index (χ4v) is 2.91. The van der Waals surface area contributed by atoms with Gasteiger partial charge in [-0.15, -0.1) is 0 Å². The van der Waals surface area contributed by atoms with E-state index in [4.69, 9.17) is 5.21 Å². The number of carbonyl (C=O) groups excluding carboxylic acids is 1. The Morgan fingerprint density at radius 1 is 1.42 bits per heavy atom. The predicted octanol–water partition coefficient (Wildman–Crippen LogP) is 3.31. The van der Waals surface area contributed by atoms with Crippen molar-refractivity contribution in [1.82, 2.24) is 10.5 Å². The number of amides is 1. The van der Waals surface area contributed by atoms with Crippen molar-refractivity contribution < 1.29 is 14.4 Å². The fraction of sp³-hybridized carbons (Fsp3) is 0.333. The molecule has 0 bridgehead atoms. The summed E-state index contributed by atoms with van der Waals surface area (Å²) in [6, 6.07) is 7.11. The lowest BCUT2D eigenvalue weighted by Gasteiger charge is -2.22. The standard InChI is InChI=1S/C18H20FN3O2/c1-3-12-9-13(17(23)22-24)10-20-16(12)21-18(7-8-18)14-6-4-5-11(2)15(14)19/h4-6,9-10,24H,3,7-8H2,1-2H3,(H,20,21)(H,22,23). The molecule has 6 heteroatoms. The van der Waals surface area contributed by atoms with Crippen LogP contribution in [0, 0.1) is 12.7 Å². The van der Waals surface area contributed by atoms with E-state index in [1.807, 2.05) is 19.1 Å². The van der Waals surface area contributed by atoms with Gasteiger partial charge >= 0.3 is 0 Å². The highest BCUT2D eigenvalue weighted by Gasteiger charge is 2.47. The van der Waals surface area contributed by atoms with Gasteiger partial charge in [-0.3, -0.25) is 10.0 Å². The summed E-state index contributed by atoms with van der Waals surface area (Å²) in [6.07, 6.45) is 3.72. The molecule has 126 valence electrons. The van der Waals surface area contributed by atoms with Gasteiger partial charge in [0.1, 0.15) is 11.6 Å². The molecule has 1 heterocycles. The van der Waals surface area contributed by atoms with Crippen molar-refractivity contribution in [2.75, 3.05) is 5.32 Å². The number of hydrogen-bond donors (Lipinski definition) is 3. The molecule has 1 fully saturated rings. The minimum Gasteiger partial charge on any atom is -0.360 e. The van der Waals surface area contributed by atoms with Crippen LogP contribution in [0.15, 0.2) is 30.5 Å². The second kappa shape index (κ2) is 6.20. The molecular formula is C18H20FN3O2. The topological polar surface area (TPSA) is 74.2 Å². The van der Waals surface area contributed by atoms with E-state index in [9.17, 15) is 9.18 Å². The van der Waals surface area contributed by atoms with Gasteiger partial charge in [-0.1, -0.05) is 25.1 Å². The van der Waals surface area contributed by atoms with Gasteiger partial charge in [0.2, 0.25) is 0 Å². The van der Waals surface area contributed by atoms with Crippen LogP contribution >= 0.6 is 0 Å². The zero-order valence-corrected chi connectivity index (χ0v) is 13.7. The SMILES string of the molecule is CCc1cc(C(=O)NO)cnc1NC1(c2cccc(C)c2F)CC1. The Kier molecular flexibility index (Phi) is 4.24. The number of rotatable bonds is 5. The van der Waals surface area contributed by atoms with Crippen LogP contribution < -0.4 is 10.8 Å². The number of halogens is 1. The van der Waals surface area contributed by atoms with Gasteiger partial charge in [-0.2, -0.15) is 0 Å². The first-order chi connectivity index (χ1) is 11.5. The second-order valence-electron chi connectivity index (χ2n) is 6.17. The first-order valence-corrected chi connectivity index (χ1v) is 7.98. The molecule has 3 N–H and O–H groups in total. The van der Waals surface area contributed by atoms with Crippen molar-refractivity contribution in [2.45, 2.75) is 38.6 Å². The van der Waals surface area contributed by atoms with Crippen molar-refractivity contribution in [3.05, 3.63) is 58.5 Å². The van der Waals surface area contributed by atoms with Gasteiger partial charge in [0.05, 0.1) is 11.1 Å². The molecule has 3 rings (SSSR count). The molecule has 1 aromatic carbocycles. The molecule has 1 aromatic heterocycles. The van der Waals surface area contributed by atoms with Gasteiger partial charge in [0.25, 0.3) is 5.91 Å². The van der Waals surface area contributed by atoms with Crippen LogP contribution in [-0.4, -0.2) is 16.1 Å². The lowest BCUT2D eigenvalue weighted by Crippen LogP contribution is -2.23.